The highest BCUT2D eigenvalue weighted by Gasteiger charge is 2.04. The molecule has 0 spiro atoms. The highest BCUT2D eigenvalue weighted by atomic mass is 16.6. The molecule has 7 nitrogen and oxygen atoms in total. The predicted octanol–water partition coefficient (Wildman–Crippen LogP) is 4.32. The van der Waals surface area contributed by atoms with Gasteiger partial charge >= 0.3 is 0 Å². The van der Waals surface area contributed by atoms with E-state index in [2.05, 4.69) is 27.6 Å². The van der Waals surface area contributed by atoms with Gasteiger partial charge in [0.1, 0.15) is 24.4 Å². The zero-order valence-electron chi connectivity index (χ0n) is 14.7. The van der Waals surface area contributed by atoms with Crippen molar-refractivity contribution in [3.8, 4) is 5.75 Å². The second-order valence-electron chi connectivity index (χ2n) is 5.88. The SMILES string of the molecule is Cc1ccc(COc2cccc(/C=N\Nc3ccc([N+](=O)[O-])cn3)c2)cc1. The summed E-state index contributed by atoms with van der Waals surface area (Å²) >= 11 is 0. The monoisotopic (exact) mass is 362 g/mol. The number of anilines is 1. The first-order valence-electron chi connectivity index (χ1n) is 8.28. The van der Waals surface area contributed by atoms with Crippen molar-refractivity contribution in [2.24, 2.45) is 5.10 Å². The molecule has 0 saturated carbocycles. The van der Waals surface area contributed by atoms with Crippen LogP contribution in [0.15, 0.2) is 72.0 Å². The van der Waals surface area contributed by atoms with Gasteiger partial charge in [-0.2, -0.15) is 5.10 Å². The molecule has 0 fully saturated rings. The lowest BCUT2D eigenvalue weighted by molar-refractivity contribution is -0.385. The van der Waals surface area contributed by atoms with E-state index in [1.807, 2.05) is 43.3 Å². The Morgan fingerprint density at radius 2 is 2.00 bits per heavy atom. The maximum absolute atomic E-state index is 10.6. The third-order valence-corrected chi connectivity index (χ3v) is 3.74. The maximum atomic E-state index is 10.6. The molecule has 136 valence electrons. The van der Waals surface area contributed by atoms with Crippen LogP contribution >= 0.6 is 0 Å². The van der Waals surface area contributed by atoms with Crippen LogP contribution in [0.5, 0.6) is 5.75 Å². The molecule has 7 heteroatoms. The van der Waals surface area contributed by atoms with Crippen molar-refractivity contribution < 1.29 is 9.66 Å². The Balaban J connectivity index is 1.57. The van der Waals surface area contributed by atoms with Gasteiger partial charge in [-0.05, 0) is 36.2 Å². The number of benzene rings is 2. The number of rotatable bonds is 7. The normalized spacial score (nSPS) is 10.7. The van der Waals surface area contributed by atoms with Crippen LogP contribution in [0.1, 0.15) is 16.7 Å². The minimum atomic E-state index is -0.498. The molecular weight excluding hydrogens is 344 g/mol. The van der Waals surface area contributed by atoms with Gasteiger partial charge in [-0.15, -0.1) is 0 Å². The van der Waals surface area contributed by atoms with E-state index in [-0.39, 0.29) is 5.69 Å². The highest BCUT2D eigenvalue weighted by molar-refractivity contribution is 5.80. The lowest BCUT2D eigenvalue weighted by Crippen LogP contribution is -1.97. The average molecular weight is 362 g/mol. The summed E-state index contributed by atoms with van der Waals surface area (Å²) in [5.74, 6) is 1.16. The summed E-state index contributed by atoms with van der Waals surface area (Å²) in [4.78, 5) is 14.0. The molecule has 0 saturated heterocycles. The molecule has 3 aromatic rings. The number of nitrogens with zero attached hydrogens (tertiary/aromatic N) is 3. The summed E-state index contributed by atoms with van der Waals surface area (Å²) in [5.41, 5.74) is 5.84. The first-order valence-corrected chi connectivity index (χ1v) is 8.28. The van der Waals surface area contributed by atoms with Crippen molar-refractivity contribution >= 4 is 17.7 Å². The first kappa shape index (κ1) is 18.1. The number of hydrogen-bond donors (Lipinski definition) is 1. The summed E-state index contributed by atoms with van der Waals surface area (Å²) < 4.78 is 5.81. The van der Waals surface area contributed by atoms with Crippen LogP contribution in [0.25, 0.3) is 0 Å². The van der Waals surface area contributed by atoms with E-state index >= 15 is 0 Å². The van der Waals surface area contributed by atoms with Crippen LogP contribution in [-0.4, -0.2) is 16.1 Å². The molecule has 0 radical (unpaired) electrons. The van der Waals surface area contributed by atoms with E-state index < -0.39 is 4.92 Å². The quantitative estimate of drug-likeness (QED) is 0.384. The largest absolute Gasteiger partial charge is 0.489 e. The van der Waals surface area contributed by atoms with E-state index in [1.165, 1.54) is 23.9 Å². The summed E-state index contributed by atoms with van der Waals surface area (Å²) in [7, 11) is 0. The van der Waals surface area contributed by atoms with Gasteiger partial charge in [-0.3, -0.25) is 15.5 Å². The molecule has 1 N–H and O–H groups in total. The smallest absolute Gasteiger partial charge is 0.287 e. The molecule has 0 unspecified atom stereocenters. The summed E-state index contributed by atoms with van der Waals surface area (Å²) in [6.07, 6.45) is 2.80. The van der Waals surface area contributed by atoms with E-state index in [4.69, 9.17) is 4.74 Å². The number of pyridine rings is 1. The summed E-state index contributed by atoms with van der Waals surface area (Å²) in [5, 5.41) is 14.7. The van der Waals surface area contributed by atoms with E-state index in [0.29, 0.717) is 12.4 Å². The standard InChI is InChI=1S/C20H18N4O3/c1-15-5-7-16(8-6-15)14-27-19-4-2-3-17(11-19)12-22-23-20-10-9-18(13-21-20)24(25)26/h2-13H,14H2,1H3,(H,21,23)/b22-12-. The van der Waals surface area contributed by atoms with Gasteiger partial charge in [0.15, 0.2) is 0 Å². The molecule has 0 bridgehead atoms. The lowest BCUT2D eigenvalue weighted by Gasteiger charge is -2.07. The Bertz CT molecular complexity index is 938. The minimum Gasteiger partial charge on any atom is -0.489 e. The molecule has 1 aromatic heterocycles. The second kappa shape index (κ2) is 8.57. The molecule has 1 heterocycles. The number of ether oxygens (including phenoxy) is 1. The molecule has 0 atom stereocenters. The molecule has 3 rings (SSSR count). The van der Waals surface area contributed by atoms with Gasteiger partial charge in [-0.25, -0.2) is 4.98 Å². The molecule has 0 aliphatic carbocycles. The molecular formula is C20H18N4O3. The fourth-order valence-electron chi connectivity index (χ4n) is 2.27. The van der Waals surface area contributed by atoms with Crippen molar-refractivity contribution in [2.75, 3.05) is 5.43 Å². The van der Waals surface area contributed by atoms with Gasteiger partial charge < -0.3 is 4.74 Å². The van der Waals surface area contributed by atoms with Gasteiger partial charge in [0.2, 0.25) is 0 Å². The number of aryl methyl sites for hydroxylation is 1. The van der Waals surface area contributed by atoms with Gasteiger partial charge in [0.25, 0.3) is 5.69 Å². The molecule has 27 heavy (non-hydrogen) atoms. The highest BCUT2D eigenvalue weighted by Crippen LogP contribution is 2.15. The fraction of sp³-hybridized carbons (Fsp3) is 0.100. The lowest BCUT2D eigenvalue weighted by atomic mass is 10.2. The molecule has 2 aromatic carbocycles. The Labute approximate surface area is 156 Å². The van der Waals surface area contributed by atoms with Gasteiger partial charge in [-0.1, -0.05) is 42.0 Å². The third-order valence-electron chi connectivity index (χ3n) is 3.74. The molecule has 0 aliphatic rings. The van der Waals surface area contributed by atoms with E-state index in [1.54, 1.807) is 6.21 Å². The van der Waals surface area contributed by atoms with Gasteiger partial charge in [0.05, 0.1) is 11.1 Å². The average Bonchev–Trinajstić information content (AvgIpc) is 2.68. The van der Waals surface area contributed by atoms with Crippen LogP contribution < -0.4 is 10.2 Å². The Kier molecular flexibility index (Phi) is 5.73. The molecule has 0 aliphatic heterocycles. The van der Waals surface area contributed by atoms with Crippen LogP contribution in [0.3, 0.4) is 0 Å². The predicted molar refractivity (Wildman–Crippen MR) is 104 cm³/mol. The van der Waals surface area contributed by atoms with Crippen LogP contribution in [0.4, 0.5) is 11.5 Å². The van der Waals surface area contributed by atoms with Crippen LogP contribution in [0, 0.1) is 17.0 Å². The Morgan fingerprint density at radius 3 is 2.70 bits per heavy atom. The van der Waals surface area contributed by atoms with Crippen molar-refractivity contribution in [1.82, 2.24) is 4.98 Å². The first-order chi connectivity index (χ1) is 13.1. The number of aromatic nitrogens is 1. The Hall–Kier alpha value is -3.74. The summed E-state index contributed by atoms with van der Waals surface area (Å²) in [6, 6.07) is 18.6. The van der Waals surface area contributed by atoms with E-state index in [9.17, 15) is 10.1 Å². The maximum Gasteiger partial charge on any atom is 0.287 e. The van der Waals surface area contributed by atoms with Gasteiger partial charge in [0, 0.05) is 6.07 Å². The van der Waals surface area contributed by atoms with Crippen molar-refractivity contribution in [3.63, 3.8) is 0 Å². The van der Waals surface area contributed by atoms with Crippen molar-refractivity contribution in [1.29, 1.82) is 0 Å². The zero-order chi connectivity index (χ0) is 19.1. The van der Waals surface area contributed by atoms with Crippen LogP contribution in [-0.2, 0) is 6.61 Å². The number of hydrogen-bond acceptors (Lipinski definition) is 6. The molecule has 0 amide bonds. The topological polar surface area (TPSA) is 89.6 Å². The third kappa shape index (κ3) is 5.37. The van der Waals surface area contributed by atoms with Crippen molar-refractivity contribution in [3.05, 3.63) is 93.7 Å². The zero-order valence-corrected chi connectivity index (χ0v) is 14.7. The Morgan fingerprint density at radius 1 is 1.19 bits per heavy atom. The number of nitrogens with one attached hydrogen (secondary N) is 1. The van der Waals surface area contributed by atoms with Crippen LogP contribution in [0.2, 0.25) is 0 Å². The number of hydrazone groups is 1. The second-order valence-corrected chi connectivity index (χ2v) is 5.88. The summed E-state index contributed by atoms with van der Waals surface area (Å²) in [6.45, 7) is 2.54. The number of nitro groups is 1. The van der Waals surface area contributed by atoms with E-state index in [0.717, 1.165) is 16.9 Å². The minimum absolute atomic E-state index is 0.0667. The fourth-order valence-corrected chi connectivity index (χ4v) is 2.27. The van der Waals surface area contributed by atoms with Crippen molar-refractivity contribution in [2.45, 2.75) is 13.5 Å².